The summed E-state index contributed by atoms with van der Waals surface area (Å²) in [5.41, 5.74) is 0.916. The van der Waals surface area contributed by atoms with Crippen LogP contribution in [0.25, 0.3) is 10.8 Å². The molecule has 3 rings (SSSR count). The van der Waals surface area contributed by atoms with Crippen molar-refractivity contribution in [2.45, 2.75) is 44.6 Å². The zero-order valence-corrected chi connectivity index (χ0v) is 15.0. The number of amides is 1. The van der Waals surface area contributed by atoms with Crippen molar-refractivity contribution < 1.29 is 19.4 Å². The van der Waals surface area contributed by atoms with Crippen molar-refractivity contribution in [3.63, 3.8) is 0 Å². The molecule has 2 atom stereocenters. The van der Waals surface area contributed by atoms with Crippen LogP contribution < -0.4 is 10.1 Å². The highest BCUT2D eigenvalue weighted by Gasteiger charge is 2.30. The standard InChI is InChI=1S/C21H25NO4/c1-26-16-11-10-14-6-5-7-15(18(14)13-16)12-20(23)22-19-9-4-2-3-8-17(19)21(24)25/h5-7,10-11,13,17,19H,2-4,8-9,12H2,1H3,(H,22,23)(H,24,25)/t17-,19+/m1/s1. The van der Waals surface area contributed by atoms with Crippen molar-refractivity contribution in [2.75, 3.05) is 7.11 Å². The van der Waals surface area contributed by atoms with E-state index in [2.05, 4.69) is 5.32 Å². The molecule has 0 spiro atoms. The second-order valence-corrected chi connectivity index (χ2v) is 6.94. The summed E-state index contributed by atoms with van der Waals surface area (Å²) in [4.78, 5) is 24.2. The normalized spacial score (nSPS) is 20.3. The Balaban J connectivity index is 1.77. The van der Waals surface area contributed by atoms with Crippen molar-refractivity contribution in [1.29, 1.82) is 0 Å². The van der Waals surface area contributed by atoms with Gasteiger partial charge in [0.05, 0.1) is 19.4 Å². The summed E-state index contributed by atoms with van der Waals surface area (Å²) in [5, 5.41) is 14.5. The van der Waals surface area contributed by atoms with Crippen LogP contribution in [0.1, 0.15) is 37.7 Å². The van der Waals surface area contributed by atoms with E-state index in [0.29, 0.717) is 6.42 Å². The Kier molecular flexibility index (Phi) is 5.76. The fraction of sp³-hybridized carbons (Fsp3) is 0.429. The van der Waals surface area contributed by atoms with Crippen LogP contribution in [-0.4, -0.2) is 30.1 Å². The molecule has 0 heterocycles. The van der Waals surface area contributed by atoms with Crippen LogP contribution in [0.15, 0.2) is 36.4 Å². The molecule has 26 heavy (non-hydrogen) atoms. The zero-order valence-electron chi connectivity index (χ0n) is 15.0. The van der Waals surface area contributed by atoms with Gasteiger partial charge in [0, 0.05) is 6.04 Å². The molecule has 0 saturated heterocycles. The number of carboxylic acids is 1. The smallest absolute Gasteiger partial charge is 0.308 e. The summed E-state index contributed by atoms with van der Waals surface area (Å²) < 4.78 is 5.29. The predicted molar refractivity (Wildman–Crippen MR) is 100 cm³/mol. The summed E-state index contributed by atoms with van der Waals surface area (Å²) in [6, 6.07) is 11.4. The molecule has 0 radical (unpaired) electrons. The second-order valence-electron chi connectivity index (χ2n) is 6.94. The molecular formula is C21H25NO4. The number of aliphatic carboxylic acids is 1. The Morgan fingerprint density at radius 2 is 1.96 bits per heavy atom. The molecule has 0 bridgehead atoms. The summed E-state index contributed by atoms with van der Waals surface area (Å²) in [7, 11) is 1.62. The van der Waals surface area contributed by atoms with Crippen LogP contribution in [-0.2, 0) is 16.0 Å². The molecule has 0 aromatic heterocycles. The maximum absolute atomic E-state index is 12.6. The van der Waals surface area contributed by atoms with Gasteiger partial charge in [-0.25, -0.2) is 0 Å². The van der Waals surface area contributed by atoms with E-state index in [-0.39, 0.29) is 18.4 Å². The van der Waals surface area contributed by atoms with Gasteiger partial charge < -0.3 is 15.2 Å². The van der Waals surface area contributed by atoms with Crippen LogP contribution in [0.3, 0.4) is 0 Å². The van der Waals surface area contributed by atoms with Crippen molar-refractivity contribution in [3.05, 3.63) is 42.0 Å². The number of fused-ring (bicyclic) bond motifs is 1. The number of carbonyl (C=O) groups excluding carboxylic acids is 1. The third-order valence-electron chi connectivity index (χ3n) is 5.21. The molecule has 2 N–H and O–H groups in total. The topological polar surface area (TPSA) is 75.6 Å². The number of hydrogen-bond donors (Lipinski definition) is 2. The van der Waals surface area contributed by atoms with E-state index >= 15 is 0 Å². The van der Waals surface area contributed by atoms with Crippen molar-refractivity contribution >= 4 is 22.6 Å². The Hall–Kier alpha value is -2.56. The molecule has 1 amide bonds. The van der Waals surface area contributed by atoms with Gasteiger partial charge in [0.2, 0.25) is 5.91 Å². The minimum atomic E-state index is -0.813. The van der Waals surface area contributed by atoms with Gasteiger partial charge in [0.15, 0.2) is 0 Å². The lowest BCUT2D eigenvalue weighted by molar-refractivity contribution is -0.143. The quantitative estimate of drug-likeness (QED) is 0.805. The fourth-order valence-electron chi connectivity index (χ4n) is 3.80. The average molecular weight is 355 g/mol. The average Bonchev–Trinajstić information content (AvgIpc) is 2.87. The number of methoxy groups -OCH3 is 1. The van der Waals surface area contributed by atoms with Gasteiger partial charge in [0.25, 0.3) is 0 Å². The van der Waals surface area contributed by atoms with E-state index < -0.39 is 11.9 Å². The van der Waals surface area contributed by atoms with Gasteiger partial charge in [-0.05, 0) is 41.3 Å². The summed E-state index contributed by atoms with van der Waals surface area (Å²) in [5.74, 6) is -0.681. The molecule has 5 nitrogen and oxygen atoms in total. The maximum Gasteiger partial charge on any atom is 0.308 e. The first-order chi connectivity index (χ1) is 12.6. The maximum atomic E-state index is 12.6. The largest absolute Gasteiger partial charge is 0.497 e. The number of rotatable bonds is 5. The highest BCUT2D eigenvalue weighted by atomic mass is 16.5. The number of ether oxygens (including phenoxy) is 1. The lowest BCUT2D eigenvalue weighted by Crippen LogP contribution is -2.43. The van der Waals surface area contributed by atoms with E-state index in [1.54, 1.807) is 7.11 Å². The van der Waals surface area contributed by atoms with E-state index in [1.165, 1.54) is 0 Å². The molecule has 1 aliphatic rings. The van der Waals surface area contributed by atoms with Gasteiger partial charge in [-0.15, -0.1) is 0 Å². The molecule has 0 unspecified atom stereocenters. The Morgan fingerprint density at radius 3 is 2.73 bits per heavy atom. The Bertz CT molecular complexity index is 802. The van der Waals surface area contributed by atoms with E-state index in [4.69, 9.17) is 4.74 Å². The molecule has 2 aromatic rings. The van der Waals surface area contributed by atoms with Crippen molar-refractivity contribution in [1.82, 2.24) is 5.32 Å². The summed E-state index contributed by atoms with van der Waals surface area (Å²) >= 11 is 0. The van der Waals surface area contributed by atoms with Gasteiger partial charge in [-0.3, -0.25) is 9.59 Å². The molecule has 1 saturated carbocycles. The Morgan fingerprint density at radius 1 is 1.15 bits per heavy atom. The van der Waals surface area contributed by atoms with Gasteiger partial charge in [-0.1, -0.05) is 43.5 Å². The van der Waals surface area contributed by atoms with Crippen molar-refractivity contribution in [2.24, 2.45) is 5.92 Å². The van der Waals surface area contributed by atoms with Gasteiger partial charge in [-0.2, -0.15) is 0 Å². The fourth-order valence-corrected chi connectivity index (χ4v) is 3.80. The minimum absolute atomic E-state index is 0.126. The lowest BCUT2D eigenvalue weighted by atomic mass is 9.94. The molecular weight excluding hydrogens is 330 g/mol. The second kappa shape index (κ2) is 8.21. The SMILES string of the molecule is COc1ccc2cccc(CC(=O)N[C@H]3CCCCC[C@H]3C(=O)O)c2c1. The molecule has 1 fully saturated rings. The predicted octanol–water partition coefficient (Wildman–Crippen LogP) is 3.54. The molecule has 0 aliphatic heterocycles. The number of hydrogen-bond acceptors (Lipinski definition) is 3. The lowest BCUT2D eigenvalue weighted by Gasteiger charge is -2.23. The van der Waals surface area contributed by atoms with Gasteiger partial charge in [0.1, 0.15) is 5.75 Å². The molecule has 2 aromatic carbocycles. The molecule has 5 heteroatoms. The summed E-state index contributed by atoms with van der Waals surface area (Å²) in [6.45, 7) is 0. The highest BCUT2D eigenvalue weighted by Crippen LogP contribution is 2.26. The van der Waals surface area contributed by atoms with E-state index in [9.17, 15) is 14.7 Å². The number of nitrogens with one attached hydrogen (secondary N) is 1. The van der Waals surface area contributed by atoms with E-state index in [1.807, 2.05) is 36.4 Å². The number of carboxylic acid groups (broad SMARTS) is 1. The summed E-state index contributed by atoms with van der Waals surface area (Å²) in [6.07, 6.45) is 4.48. The van der Waals surface area contributed by atoms with Crippen LogP contribution in [0.5, 0.6) is 5.75 Å². The third kappa shape index (κ3) is 4.15. The molecule has 138 valence electrons. The van der Waals surface area contributed by atoms with E-state index in [0.717, 1.165) is 47.8 Å². The zero-order chi connectivity index (χ0) is 18.5. The molecule has 1 aliphatic carbocycles. The van der Waals surface area contributed by atoms with Crippen LogP contribution >= 0.6 is 0 Å². The first-order valence-electron chi connectivity index (χ1n) is 9.16. The minimum Gasteiger partial charge on any atom is -0.497 e. The monoisotopic (exact) mass is 355 g/mol. The third-order valence-corrected chi connectivity index (χ3v) is 5.21. The van der Waals surface area contributed by atoms with Gasteiger partial charge >= 0.3 is 5.97 Å². The first-order valence-corrected chi connectivity index (χ1v) is 9.16. The number of benzene rings is 2. The van der Waals surface area contributed by atoms with Crippen LogP contribution in [0.2, 0.25) is 0 Å². The highest BCUT2D eigenvalue weighted by molar-refractivity contribution is 5.91. The van der Waals surface area contributed by atoms with Crippen LogP contribution in [0, 0.1) is 5.92 Å². The van der Waals surface area contributed by atoms with Crippen LogP contribution in [0.4, 0.5) is 0 Å². The number of carbonyl (C=O) groups is 2. The van der Waals surface area contributed by atoms with Crippen molar-refractivity contribution in [3.8, 4) is 5.75 Å². The Labute approximate surface area is 153 Å². The first kappa shape index (κ1) is 18.2.